The van der Waals surface area contributed by atoms with Crippen molar-refractivity contribution in [3.05, 3.63) is 35.6 Å². The van der Waals surface area contributed by atoms with Gasteiger partial charge in [-0.05, 0) is 37.5 Å². The number of rotatable bonds is 3. The topological polar surface area (TPSA) is 49.4 Å². The highest BCUT2D eigenvalue weighted by Gasteiger charge is 2.46. The SMILES string of the molecule is CC(C)C1NC(=O)C(C)(C)N(Cc2ccc(F)cc2)C1=O. The number of benzene rings is 1. The van der Waals surface area contributed by atoms with Crippen molar-refractivity contribution in [1.82, 2.24) is 10.2 Å². The predicted molar refractivity (Wildman–Crippen MR) is 77.8 cm³/mol. The Morgan fingerprint density at radius 1 is 1.24 bits per heavy atom. The van der Waals surface area contributed by atoms with Gasteiger partial charge in [-0.1, -0.05) is 26.0 Å². The average molecular weight is 292 g/mol. The molecule has 1 saturated heterocycles. The van der Waals surface area contributed by atoms with E-state index in [4.69, 9.17) is 0 Å². The fourth-order valence-electron chi connectivity index (χ4n) is 2.45. The van der Waals surface area contributed by atoms with Gasteiger partial charge in [-0.25, -0.2) is 4.39 Å². The molecule has 1 N–H and O–H groups in total. The van der Waals surface area contributed by atoms with Crippen molar-refractivity contribution in [3.8, 4) is 0 Å². The van der Waals surface area contributed by atoms with Crippen molar-refractivity contribution in [3.63, 3.8) is 0 Å². The number of halogens is 1. The number of piperazine rings is 1. The number of amides is 2. The summed E-state index contributed by atoms with van der Waals surface area (Å²) >= 11 is 0. The highest BCUT2D eigenvalue weighted by Crippen LogP contribution is 2.26. The van der Waals surface area contributed by atoms with Crippen LogP contribution in [0, 0.1) is 11.7 Å². The van der Waals surface area contributed by atoms with Gasteiger partial charge in [0, 0.05) is 6.54 Å². The van der Waals surface area contributed by atoms with Crippen LogP contribution in [0.3, 0.4) is 0 Å². The molecule has 1 aliphatic heterocycles. The Bertz CT molecular complexity index is 552. The first-order valence-electron chi connectivity index (χ1n) is 7.10. The molecule has 1 aromatic rings. The second-order valence-electron chi connectivity index (χ2n) is 6.31. The molecule has 0 saturated carbocycles. The number of carbonyl (C=O) groups is 2. The van der Waals surface area contributed by atoms with Crippen LogP contribution in [0.5, 0.6) is 0 Å². The maximum absolute atomic E-state index is 13.0. The average Bonchev–Trinajstić information content (AvgIpc) is 2.41. The van der Waals surface area contributed by atoms with E-state index >= 15 is 0 Å². The van der Waals surface area contributed by atoms with Crippen LogP contribution >= 0.6 is 0 Å². The van der Waals surface area contributed by atoms with Crippen LogP contribution in [0.4, 0.5) is 4.39 Å². The summed E-state index contributed by atoms with van der Waals surface area (Å²) in [6.45, 7) is 7.54. The quantitative estimate of drug-likeness (QED) is 0.927. The minimum absolute atomic E-state index is 0.0215. The molecule has 0 aromatic heterocycles. The van der Waals surface area contributed by atoms with Crippen molar-refractivity contribution in [2.75, 3.05) is 0 Å². The summed E-state index contributed by atoms with van der Waals surface area (Å²) < 4.78 is 13.0. The summed E-state index contributed by atoms with van der Waals surface area (Å²) in [7, 11) is 0. The third kappa shape index (κ3) is 2.91. The van der Waals surface area contributed by atoms with Gasteiger partial charge in [-0.2, -0.15) is 0 Å². The van der Waals surface area contributed by atoms with Gasteiger partial charge in [0.2, 0.25) is 11.8 Å². The van der Waals surface area contributed by atoms with E-state index in [0.29, 0.717) is 6.54 Å². The van der Waals surface area contributed by atoms with Gasteiger partial charge in [0.25, 0.3) is 0 Å². The zero-order valence-corrected chi connectivity index (χ0v) is 12.8. The highest BCUT2D eigenvalue weighted by atomic mass is 19.1. The van der Waals surface area contributed by atoms with E-state index in [1.54, 1.807) is 30.9 Å². The summed E-state index contributed by atoms with van der Waals surface area (Å²) in [6, 6.07) is 5.48. The molecule has 2 amide bonds. The zero-order valence-electron chi connectivity index (χ0n) is 12.8. The molecule has 1 heterocycles. The molecule has 1 atom stereocenters. The first kappa shape index (κ1) is 15.5. The Morgan fingerprint density at radius 3 is 2.33 bits per heavy atom. The maximum atomic E-state index is 13.0. The molecule has 1 fully saturated rings. The fraction of sp³-hybridized carbons (Fsp3) is 0.500. The zero-order chi connectivity index (χ0) is 15.8. The van der Waals surface area contributed by atoms with Crippen molar-refractivity contribution < 1.29 is 14.0 Å². The molecule has 114 valence electrons. The number of hydrogen-bond acceptors (Lipinski definition) is 2. The highest BCUT2D eigenvalue weighted by molar-refractivity contribution is 5.99. The molecule has 5 heteroatoms. The van der Waals surface area contributed by atoms with Gasteiger partial charge in [-0.3, -0.25) is 9.59 Å². The van der Waals surface area contributed by atoms with Crippen LogP contribution in [0.25, 0.3) is 0 Å². The van der Waals surface area contributed by atoms with Gasteiger partial charge in [0.05, 0.1) is 0 Å². The first-order valence-corrected chi connectivity index (χ1v) is 7.10. The van der Waals surface area contributed by atoms with Gasteiger partial charge < -0.3 is 10.2 Å². The third-order valence-corrected chi connectivity index (χ3v) is 3.97. The lowest BCUT2D eigenvalue weighted by Gasteiger charge is -2.45. The number of hydrogen-bond donors (Lipinski definition) is 1. The monoisotopic (exact) mass is 292 g/mol. The minimum Gasteiger partial charge on any atom is -0.342 e. The summed E-state index contributed by atoms with van der Waals surface area (Å²) in [5, 5.41) is 2.79. The summed E-state index contributed by atoms with van der Waals surface area (Å²) in [5.41, 5.74) is -0.119. The molecule has 0 bridgehead atoms. The fourth-order valence-corrected chi connectivity index (χ4v) is 2.45. The number of carbonyl (C=O) groups excluding carboxylic acids is 2. The van der Waals surface area contributed by atoms with E-state index < -0.39 is 11.6 Å². The van der Waals surface area contributed by atoms with Gasteiger partial charge in [0.1, 0.15) is 17.4 Å². The van der Waals surface area contributed by atoms with E-state index in [1.807, 2.05) is 13.8 Å². The molecule has 21 heavy (non-hydrogen) atoms. The molecule has 0 spiro atoms. The first-order chi connectivity index (χ1) is 9.73. The molecular weight excluding hydrogens is 271 g/mol. The maximum Gasteiger partial charge on any atom is 0.246 e. The summed E-state index contributed by atoms with van der Waals surface area (Å²) in [6.07, 6.45) is 0. The molecule has 0 radical (unpaired) electrons. The normalized spacial score (nSPS) is 21.6. The molecule has 0 aliphatic carbocycles. The molecule has 4 nitrogen and oxygen atoms in total. The molecule has 2 rings (SSSR count). The van der Waals surface area contributed by atoms with Crippen LogP contribution in [0.15, 0.2) is 24.3 Å². The lowest BCUT2D eigenvalue weighted by atomic mass is 9.91. The van der Waals surface area contributed by atoms with Crippen LogP contribution in [-0.2, 0) is 16.1 Å². The van der Waals surface area contributed by atoms with Crippen molar-refractivity contribution in [2.45, 2.75) is 45.8 Å². The van der Waals surface area contributed by atoms with Gasteiger partial charge >= 0.3 is 0 Å². The Hall–Kier alpha value is -1.91. The second-order valence-corrected chi connectivity index (χ2v) is 6.31. The lowest BCUT2D eigenvalue weighted by molar-refractivity contribution is -0.157. The van der Waals surface area contributed by atoms with E-state index in [0.717, 1.165) is 5.56 Å². The minimum atomic E-state index is -0.920. The van der Waals surface area contributed by atoms with Gasteiger partial charge in [-0.15, -0.1) is 0 Å². The Labute approximate surface area is 124 Å². The summed E-state index contributed by atoms with van der Waals surface area (Å²) in [4.78, 5) is 26.5. The third-order valence-electron chi connectivity index (χ3n) is 3.97. The van der Waals surface area contributed by atoms with E-state index in [9.17, 15) is 14.0 Å². The predicted octanol–water partition coefficient (Wildman–Crippen LogP) is 2.09. The number of nitrogens with one attached hydrogen (secondary N) is 1. The Morgan fingerprint density at radius 2 is 1.81 bits per heavy atom. The smallest absolute Gasteiger partial charge is 0.246 e. The van der Waals surface area contributed by atoms with Crippen LogP contribution < -0.4 is 5.32 Å². The van der Waals surface area contributed by atoms with E-state index in [1.165, 1.54) is 12.1 Å². The molecule has 1 aliphatic rings. The molecule has 1 aromatic carbocycles. The van der Waals surface area contributed by atoms with E-state index in [-0.39, 0.29) is 23.5 Å². The van der Waals surface area contributed by atoms with Gasteiger partial charge in [0.15, 0.2) is 0 Å². The number of nitrogens with zero attached hydrogens (tertiary/aromatic N) is 1. The van der Waals surface area contributed by atoms with Crippen molar-refractivity contribution in [2.24, 2.45) is 5.92 Å². The van der Waals surface area contributed by atoms with Crippen LogP contribution in [-0.4, -0.2) is 28.3 Å². The largest absolute Gasteiger partial charge is 0.342 e. The Balaban J connectivity index is 2.30. The van der Waals surface area contributed by atoms with Crippen LogP contribution in [0.1, 0.15) is 33.3 Å². The van der Waals surface area contributed by atoms with E-state index in [2.05, 4.69) is 5.32 Å². The van der Waals surface area contributed by atoms with Crippen LogP contribution in [0.2, 0.25) is 0 Å². The molecule has 1 unspecified atom stereocenters. The lowest BCUT2D eigenvalue weighted by Crippen LogP contribution is -2.69. The molecular formula is C16H21FN2O2. The van der Waals surface area contributed by atoms with Crippen molar-refractivity contribution in [1.29, 1.82) is 0 Å². The van der Waals surface area contributed by atoms with Crippen molar-refractivity contribution >= 4 is 11.8 Å². The standard InChI is InChI=1S/C16H21FN2O2/c1-10(2)13-14(20)19(16(3,4)15(21)18-13)9-11-5-7-12(17)8-6-11/h5-8,10,13H,9H2,1-4H3,(H,18,21). The second kappa shape index (κ2) is 5.47. The Kier molecular flexibility index (Phi) is 4.03. The summed E-state index contributed by atoms with van der Waals surface area (Å²) in [5.74, 6) is -0.559.